The molecule has 1 fully saturated rings. The van der Waals surface area contributed by atoms with Crippen molar-refractivity contribution in [2.45, 2.75) is 19.9 Å². The van der Waals surface area contributed by atoms with E-state index in [-0.39, 0.29) is 17.4 Å². The Labute approximate surface area is 127 Å². The molecule has 0 saturated carbocycles. The highest BCUT2D eigenvalue weighted by molar-refractivity contribution is 5.45. The van der Waals surface area contributed by atoms with Gasteiger partial charge in [-0.3, -0.25) is 9.36 Å². The number of hydrogen-bond donors (Lipinski definition) is 1. The van der Waals surface area contributed by atoms with Crippen molar-refractivity contribution < 1.29 is 9.13 Å². The topological polar surface area (TPSA) is 56.1 Å². The number of ether oxygens (including phenoxy) is 1. The van der Waals surface area contributed by atoms with E-state index in [1.807, 2.05) is 0 Å². The van der Waals surface area contributed by atoms with E-state index >= 15 is 0 Å². The van der Waals surface area contributed by atoms with E-state index in [9.17, 15) is 9.18 Å². The maximum Gasteiger partial charge on any atom is 0.258 e. The van der Waals surface area contributed by atoms with Crippen LogP contribution in [0.2, 0.25) is 0 Å². The number of rotatable bonds is 2. The van der Waals surface area contributed by atoms with Crippen molar-refractivity contribution in [1.82, 2.24) is 14.9 Å². The molecule has 1 aromatic heterocycles. The van der Waals surface area contributed by atoms with Crippen LogP contribution in [0.15, 0.2) is 29.1 Å². The average Bonchev–Trinajstić information content (AvgIpc) is 2.47. The van der Waals surface area contributed by atoms with Crippen LogP contribution in [0.5, 0.6) is 0 Å². The van der Waals surface area contributed by atoms with Crippen LogP contribution in [0, 0.1) is 19.7 Å². The van der Waals surface area contributed by atoms with Crippen molar-refractivity contribution in [1.29, 1.82) is 0 Å². The number of aromatic nitrogens is 2. The van der Waals surface area contributed by atoms with Crippen molar-refractivity contribution in [2.24, 2.45) is 0 Å². The van der Waals surface area contributed by atoms with E-state index in [4.69, 9.17) is 4.74 Å². The maximum absolute atomic E-state index is 14.4. The van der Waals surface area contributed by atoms with Crippen LogP contribution in [0.25, 0.3) is 5.69 Å². The quantitative estimate of drug-likeness (QED) is 0.916. The molecule has 3 rings (SSSR count). The number of nitrogens with one attached hydrogen (secondary N) is 1. The molecule has 0 radical (unpaired) electrons. The molecule has 1 aliphatic heterocycles. The summed E-state index contributed by atoms with van der Waals surface area (Å²) in [5.74, 6) is 0.181. The summed E-state index contributed by atoms with van der Waals surface area (Å²) in [4.78, 5) is 16.7. The van der Waals surface area contributed by atoms with Gasteiger partial charge in [-0.25, -0.2) is 9.37 Å². The van der Waals surface area contributed by atoms with Gasteiger partial charge in [-0.2, -0.15) is 0 Å². The van der Waals surface area contributed by atoms with Crippen LogP contribution >= 0.6 is 0 Å². The van der Waals surface area contributed by atoms with E-state index < -0.39 is 0 Å². The highest BCUT2D eigenvalue weighted by Crippen LogP contribution is 2.26. The van der Waals surface area contributed by atoms with Crippen molar-refractivity contribution >= 4 is 0 Å². The van der Waals surface area contributed by atoms with Crippen molar-refractivity contribution in [2.75, 3.05) is 19.8 Å². The Morgan fingerprint density at radius 2 is 2.23 bits per heavy atom. The summed E-state index contributed by atoms with van der Waals surface area (Å²) in [6.45, 7) is 5.14. The van der Waals surface area contributed by atoms with E-state index in [1.54, 1.807) is 26.0 Å². The Kier molecular flexibility index (Phi) is 4.04. The molecule has 22 heavy (non-hydrogen) atoms. The second-order valence-corrected chi connectivity index (χ2v) is 5.37. The third-order valence-corrected chi connectivity index (χ3v) is 3.76. The fourth-order valence-electron chi connectivity index (χ4n) is 2.85. The Morgan fingerprint density at radius 1 is 1.41 bits per heavy atom. The highest BCUT2D eigenvalue weighted by Gasteiger charge is 2.24. The van der Waals surface area contributed by atoms with Gasteiger partial charge in [0.1, 0.15) is 11.6 Å². The SMILES string of the molecule is Cc1cc(=O)n(-c2cccc(F)c2C2COCCN2)c(C)n1. The van der Waals surface area contributed by atoms with Gasteiger partial charge in [0.05, 0.1) is 24.9 Å². The lowest BCUT2D eigenvalue weighted by atomic mass is 10.0. The van der Waals surface area contributed by atoms with Crippen LogP contribution in [-0.2, 0) is 4.74 Å². The lowest BCUT2D eigenvalue weighted by molar-refractivity contribution is 0.0757. The Bertz CT molecular complexity index is 752. The average molecular weight is 303 g/mol. The normalized spacial score (nSPS) is 18.4. The van der Waals surface area contributed by atoms with Crippen LogP contribution in [0.3, 0.4) is 0 Å². The molecular formula is C16H18FN3O2. The van der Waals surface area contributed by atoms with Gasteiger partial charge in [-0.15, -0.1) is 0 Å². The van der Waals surface area contributed by atoms with E-state index in [1.165, 1.54) is 16.7 Å². The number of nitrogens with zero attached hydrogens (tertiary/aromatic N) is 2. The predicted molar refractivity (Wildman–Crippen MR) is 80.8 cm³/mol. The summed E-state index contributed by atoms with van der Waals surface area (Å²) in [6.07, 6.45) is 0. The van der Waals surface area contributed by atoms with Crippen molar-refractivity contribution in [3.05, 3.63) is 57.5 Å². The molecule has 0 amide bonds. The fourth-order valence-corrected chi connectivity index (χ4v) is 2.85. The molecular weight excluding hydrogens is 285 g/mol. The van der Waals surface area contributed by atoms with Gasteiger partial charge < -0.3 is 10.1 Å². The fraction of sp³-hybridized carbons (Fsp3) is 0.375. The molecule has 2 aromatic rings. The monoisotopic (exact) mass is 303 g/mol. The van der Waals surface area contributed by atoms with E-state index in [0.29, 0.717) is 42.5 Å². The summed E-state index contributed by atoms with van der Waals surface area (Å²) in [5.41, 5.74) is 1.39. The molecule has 1 atom stereocenters. The Morgan fingerprint density at radius 3 is 2.91 bits per heavy atom. The molecule has 1 aromatic carbocycles. The molecule has 1 aliphatic rings. The van der Waals surface area contributed by atoms with Crippen LogP contribution in [0.4, 0.5) is 4.39 Å². The van der Waals surface area contributed by atoms with Gasteiger partial charge in [-0.1, -0.05) is 6.07 Å². The number of benzene rings is 1. The largest absolute Gasteiger partial charge is 0.378 e. The van der Waals surface area contributed by atoms with Gasteiger partial charge in [0, 0.05) is 23.9 Å². The molecule has 0 bridgehead atoms. The highest BCUT2D eigenvalue weighted by atomic mass is 19.1. The number of hydrogen-bond acceptors (Lipinski definition) is 4. The minimum atomic E-state index is -0.354. The zero-order chi connectivity index (χ0) is 15.7. The summed E-state index contributed by atoms with van der Waals surface area (Å²) in [5, 5.41) is 3.24. The summed E-state index contributed by atoms with van der Waals surface area (Å²) >= 11 is 0. The number of halogens is 1. The van der Waals surface area contributed by atoms with Crippen molar-refractivity contribution in [3.63, 3.8) is 0 Å². The summed E-state index contributed by atoms with van der Waals surface area (Å²) in [7, 11) is 0. The second-order valence-electron chi connectivity index (χ2n) is 5.37. The lowest BCUT2D eigenvalue weighted by Crippen LogP contribution is -2.36. The van der Waals surface area contributed by atoms with Gasteiger partial charge in [0.15, 0.2) is 0 Å². The second kappa shape index (κ2) is 5.98. The minimum Gasteiger partial charge on any atom is -0.378 e. The molecule has 116 valence electrons. The van der Waals surface area contributed by atoms with Crippen LogP contribution < -0.4 is 10.9 Å². The van der Waals surface area contributed by atoms with Gasteiger partial charge in [0.25, 0.3) is 5.56 Å². The van der Waals surface area contributed by atoms with Crippen LogP contribution in [-0.4, -0.2) is 29.3 Å². The standard InChI is InChI=1S/C16H18FN3O2/c1-10-8-15(21)20(11(2)19-10)14-5-3-4-12(17)16(14)13-9-22-7-6-18-13/h3-5,8,13,18H,6-7,9H2,1-2H3. The van der Waals surface area contributed by atoms with Crippen LogP contribution in [0.1, 0.15) is 23.1 Å². The van der Waals surface area contributed by atoms with Crippen molar-refractivity contribution in [3.8, 4) is 5.69 Å². The molecule has 1 unspecified atom stereocenters. The summed E-state index contributed by atoms with van der Waals surface area (Å²) < 4.78 is 21.3. The molecule has 6 heteroatoms. The number of morpholine rings is 1. The third-order valence-electron chi connectivity index (χ3n) is 3.76. The molecule has 1 saturated heterocycles. The number of aryl methyl sites for hydroxylation is 2. The molecule has 5 nitrogen and oxygen atoms in total. The minimum absolute atomic E-state index is 0.214. The smallest absolute Gasteiger partial charge is 0.258 e. The molecule has 0 aliphatic carbocycles. The first-order chi connectivity index (χ1) is 10.6. The van der Waals surface area contributed by atoms with Gasteiger partial charge in [0.2, 0.25) is 0 Å². The van der Waals surface area contributed by atoms with E-state index in [2.05, 4.69) is 10.3 Å². The Hall–Kier alpha value is -2.05. The molecule has 2 heterocycles. The first-order valence-electron chi connectivity index (χ1n) is 7.25. The Balaban J connectivity index is 2.20. The molecule has 1 N–H and O–H groups in total. The van der Waals surface area contributed by atoms with E-state index in [0.717, 1.165) is 0 Å². The molecule has 0 spiro atoms. The zero-order valence-electron chi connectivity index (χ0n) is 12.6. The summed E-state index contributed by atoms with van der Waals surface area (Å²) in [6, 6.07) is 5.91. The van der Waals surface area contributed by atoms with Gasteiger partial charge in [-0.05, 0) is 26.0 Å². The first kappa shape index (κ1) is 14.9. The first-order valence-corrected chi connectivity index (χ1v) is 7.25. The predicted octanol–water partition coefficient (Wildman–Crippen LogP) is 1.65. The maximum atomic E-state index is 14.4. The third kappa shape index (κ3) is 2.67. The zero-order valence-corrected chi connectivity index (χ0v) is 12.6. The lowest BCUT2D eigenvalue weighted by Gasteiger charge is -2.27. The van der Waals surface area contributed by atoms with Gasteiger partial charge >= 0.3 is 0 Å².